The molecule has 0 bridgehead atoms. The third-order valence-electron chi connectivity index (χ3n) is 2.77. The van der Waals surface area contributed by atoms with Crippen LogP contribution in [0, 0.1) is 13.8 Å². The average Bonchev–Trinajstić information content (AvgIpc) is 2.34. The highest BCUT2D eigenvalue weighted by Crippen LogP contribution is 2.16. The molecule has 4 nitrogen and oxygen atoms in total. The number of hydrogen-bond donors (Lipinski definition) is 2. The van der Waals surface area contributed by atoms with Crippen molar-refractivity contribution in [3.05, 3.63) is 29.3 Å². The third-order valence-corrected chi connectivity index (χ3v) is 2.77. The Kier molecular flexibility index (Phi) is 9.00. The Bertz CT molecular complexity index is 397. The Labute approximate surface area is 121 Å². The highest BCUT2D eigenvalue weighted by molar-refractivity contribution is 5.85. The van der Waals surface area contributed by atoms with Gasteiger partial charge in [-0.15, -0.1) is 12.4 Å². The van der Waals surface area contributed by atoms with Crippen molar-refractivity contribution in [2.24, 2.45) is 0 Å². The lowest BCUT2D eigenvalue weighted by atomic mass is 10.1. The minimum Gasteiger partial charge on any atom is -0.493 e. The van der Waals surface area contributed by atoms with E-state index in [9.17, 15) is 4.79 Å². The van der Waals surface area contributed by atoms with Gasteiger partial charge in [0, 0.05) is 13.1 Å². The van der Waals surface area contributed by atoms with Crippen LogP contribution in [-0.2, 0) is 4.79 Å². The number of aryl methyl sites for hydroxylation is 2. The summed E-state index contributed by atoms with van der Waals surface area (Å²) in [5.41, 5.74) is 2.44. The molecule has 1 aromatic rings. The van der Waals surface area contributed by atoms with Crippen molar-refractivity contribution >= 4 is 18.3 Å². The van der Waals surface area contributed by atoms with Crippen molar-refractivity contribution in [2.45, 2.75) is 20.3 Å². The molecule has 1 aromatic carbocycles. The van der Waals surface area contributed by atoms with Crippen LogP contribution in [-0.4, -0.2) is 32.7 Å². The van der Waals surface area contributed by atoms with E-state index in [0.29, 0.717) is 19.6 Å². The molecular formula is C14H23ClN2O2. The first-order valence-corrected chi connectivity index (χ1v) is 6.25. The van der Waals surface area contributed by atoms with Crippen LogP contribution < -0.4 is 15.4 Å². The Balaban J connectivity index is 0.00000324. The number of benzene rings is 1. The molecule has 0 atom stereocenters. The number of likely N-dealkylation sites (N-methyl/N-ethyl adjacent to an activating group) is 1. The van der Waals surface area contributed by atoms with Gasteiger partial charge in [0.05, 0.1) is 13.0 Å². The molecule has 108 valence electrons. The van der Waals surface area contributed by atoms with E-state index in [-0.39, 0.29) is 18.3 Å². The highest BCUT2D eigenvalue weighted by Gasteiger charge is 2.02. The molecule has 0 aromatic heterocycles. The van der Waals surface area contributed by atoms with Gasteiger partial charge in [-0.25, -0.2) is 0 Å². The number of rotatable bonds is 7. The van der Waals surface area contributed by atoms with Gasteiger partial charge in [0.1, 0.15) is 5.75 Å². The minimum atomic E-state index is 0. The summed E-state index contributed by atoms with van der Waals surface area (Å²) < 4.78 is 5.54. The second-order valence-corrected chi connectivity index (χ2v) is 4.30. The largest absolute Gasteiger partial charge is 0.493 e. The van der Waals surface area contributed by atoms with Gasteiger partial charge in [0.25, 0.3) is 0 Å². The summed E-state index contributed by atoms with van der Waals surface area (Å²) >= 11 is 0. The molecular weight excluding hydrogens is 264 g/mol. The maximum Gasteiger partial charge on any atom is 0.223 e. The van der Waals surface area contributed by atoms with Crippen molar-refractivity contribution in [3.8, 4) is 5.75 Å². The molecule has 0 aliphatic carbocycles. The molecule has 0 radical (unpaired) electrons. The van der Waals surface area contributed by atoms with Crippen LogP contribution in [0.3, 0.4) is 0 Å². The van der Waals surface area contributed by atoms with E-state index in [1.807, 2.05) is 32.2 Å². The van der Waals surface area contributed by atoms with Crippen LogP contribution in [0.25, 0.3) is 0 Å². The van der Waals surface area contributed by atoms with E-state index in [2.05, 4.69) is 17.6 Å². The molecule has 0 fully saturated rings. The molecule has 2 N–H and O–H groups in total. The van der Waals surface area contributed by atoms with Crippen LogP contribution in [0.1, 0.15) is 17.5 Å². The summed E-state index contributed by atoms with van der Waals surface area (Å²) in [6.07, 6.45) is 0.386. The number of amides is 1. The molecule has 0 aliphatic heterocycles. The number of ether oxygens (including phenoxy) is 1. The van der Waals surface area contributed by atoms with Gasteiger partial charge in [0.15, 0.2) is 0 Å². The summed E-state index contributed by atoms with van der Waals surface area (Å²) in [6, 6.07) is 5.95. The maximum atomic E-state index is 11.4. The van der Waals surface area contributed by atoms with Crippen LogP contribution in [0.15, 0.2) is 18.2 Å². The highest BCUT2D eigenvalue weighted by atomic mass is 35.5. The zero-order valence-corrected chi connectivity index (χ0v) is 12.6. The molecule has 0 aliphatic rings. The van der Waals surface area contributed by atoms with Crippen molar-refractivity contribution in [1.82, 2.24) is 10.6 Å². The molecule has 1 rings (SSSR count). The number of hydrogen-bond acceptors (Lipinski definition) is 3. The standard InChI is InChI=1S/C14H22N2O2.ClH/c1-11-4-5-13(10-12(11)2)18-9-6-14(17)16-8-7-15-3;/h4-5,10,15H,6-9H2,1-3H3,(H,16,17);1H. The van der Waals surface area contributed by atoms with E-state index in [4.69, 9.17) is 4.74 Å². The second-order valence-electron chi connectivity index (χ2n) is 4.30. The number of nitrogens with one attached hydrogen (secondary N) is 2. The Morgan fingerprint density at radius 3 is 2.58 bits per heavy atom. The van der Waals surface area contributed by atoms with Crippen LogP contribution in [0.2, 0.25) is 0 Å². The number of carbonyl (C=O) groups excluding carboxylic acids is 1. The van der Waals surface area contributed by atoms with Crippen LogP contribution in [0.5, 0.6) is 5.75 Å². The zero-order valence-electron chi connectivity index (χ0n) is 11.8. The molecule has 0 saturated heterocycles. The quantitative estimate of drug-likeness (QED) is 0.752. The predicted molar refractivity (Wildman–Crippen MR) is 80.2 cm³/mol. The number of halogens is 1. The first-order valence-electron chi connectivity index (χ1n) is 6.25. The van der Waals surface area contributed by atoms with Gasteiger partial charge in [-0.3, -0.25) is 4.79 Å². The lowest BCUT2D eigenvalue weighted by molar-refractivity contribution is -0.121. The molecule has 0 heterocycles. The smallest absolute Gasteiger partial charge is 0.223 e. The van der Waals surface area contributed by atoms with Gasteiger partial charge in [-0.2, -0.15) is 0 Å². The van der Waals surface area contributed by atoms with E-state index in [0.717, 1.165) is 12.3 Å². The Hall–Kier alpha value is -1.26. The summed E-state index contributed by atoms with van der Waals surface area (Å²) in [5.74, 6) is 0.843. The summed E-state index contributed by atoms with van der Waals surface area (Å²) in [5, 5.41) is 5.78. The van der Waals surface area contributed by atoms with E-state index in [1.165, 1.54) is 11.1 Å². The van der Waals surface area contributed by atoms with Crippen LogP contribution in [0.4, 0.5) is 0 Å². The molecule has 1 amide bonds. The van der Waals surface area contributed by atoms with Crippen LogP contribution >= 0.6 is 12.4 Å². The van der Waals surface area contributed by atoms with Gasteiger partial charge in [0.2, 0.25) is 5.91 Å². The lowest BCUT2D eigenvalue weighted by Crippen LogP contribution is -2.31. The minimum absolute atomic E-state index is 0. The zero-order chi connectivity index (χ0) is 13.4. The second kappa shape index (κ2) is 9.64. The maximum absolute atomic E-state index is 11.4. The van der Waals surface area contributed by atoms with Crippen molar-refractivity contribution < 1.29 is 9.53 Å². The molecule has 0 unspecified atom stereocenters. The molecule has 0 saturated carbocycles. The third kappa shape index (κ3) is 7.03. The Morgan fingerprint density at radius 2 is 1.95 bits per heavy atom. The fourth-order valence-electron chi connectivity index (χ4n) is 1.48. The molecule has 5 heteroatoms. The van der Waals surface area contributed by atoms with Crippen molar-refractivity contribution in [1.29, 1.82) is 0 Å². The van der Waals surface area contributed by atoms with Crippen molar-refractivity contribution in [3.63, 3.8) is 0 Å². The van der Waals surface area contributed by atoms with Gasteiger partial charge < -0.3 is 15.4 Å². The molecule has 0 spiro atoms. The fraction of sp³-hybridized carbons (Fsp3) is 0.500. The lowest BCUT2D eigenvalue weighted by Gasteiger charge is -2.08. The SMILES string of the molecule is CNCCNC(=O)CCOc1ccc(C)c(C)c1.Cl. The molecule has 19 heavy (non-hydrogen) atoms. The normalized spacial score (nSPS) is 9.63. The van der Waals surface area contributed by atoms with Crippen molar-refractivity contribution in [2.75, 3.05) is 26.7 Å². The Morgan fingerprint density at radius 1 is 1.21 bits per heavy atom. The van der Waals surface area contributed by atoms with E-state index < -0.39 is 0 Å². The van der Waals surface area contributed by atoms with Gasteiger partial charge in [-0.1, -0.05) is 6.07 Å². The average molecular weight is 287 g/mol. The predicted octanol–water partition coefficient (Wildman–Crippen LogP) is 1.83. The first kappa shape index (κ1) is 17.7. The van der Waals surface area contributed by atoms with Gasteiger partial charge in [-0.05, 0) is 44.2 Å². The monoisotopic (exact) mass is 286 g/mol. The summed E-state index contributed by atoms with van der Waals surface area (Å²) in [7, 11) is 1.86. The van der Waals surface area contributed by atoms with Gasteiger partial charge >= 0.3 is 0 Å². The van der Waals surface area contributed by atoms with E-state index in [1.54, 1.807) is 0 Å². The summed E-state index contributed by atoms with van der Waals surface area (Å²) in [4.78, 5) is 11.4. The topological polar surface area (TPSA) is 50.4 Å². The summed E-state index contributed by atoms with van der Waals surface area (Å²) in [6.45, 7) is 5.96. The van der Waals surface area contributed by atoms with E-state index >= 15 is 0 Å². The fourth-order valence-corrected chi connectivity index (χ4v) is 1.48. The number of carbonyl (C=O) groups is 1. The first-order chi connectivity index (χ1) is 8.63.